The lowest BCUT2D eigenvalue weighted by molar-refractivity contribution is -0.137. The van der Waals surface area contributed by atoms with Crippen LogP contribution in [0.15, 0.2) is 24.3 Å². The second-order valence-electron chi connectivity index (χ2n) is 6.31. The largest absolute Gasteiger partial charge is 0.491 e. The predicted molar refractivity (Wildman–Crippen MR) is 93.4 cm³/mol. The molecule has 2 rings (SSSR count). The van der Waals surface area contributed by atoms with E-state index < -0.39 is 17.8 Å². The van der Waals surface area contributed by atoms with Gasteiger partial charge in [0.2, 0.25) is 5.91 Å². The van der Waals surface area contributed by atoms with Crippen LogP contribution in [0.4, 0.5) is 13.2 Å². The van der Waals surface area contributed by atoms with Crippen molar-refractivity contribution in [3.63, 3.8) is 0 Å². The van der Waals surface area contributed by atoms with Gasteiger partial charge in [0, 0.05) is 18.5 Å². The van der Waals surface area contributed by atoms with Gasteiger partial charge in [-0.05, 0) is 50.6 Å². The zero-order chi connectivity index (χ0) is 18.4. The molecule has 1 heterocycles. The average molecular weight is 397 g/mol. The number of carbonyl (C=O) groups is 1. The number of piperidine rings is 1. The fourth-order valence-electron chi connectivity index (χ4n) is 2.72. The summed E-state index contributed by atoms with van der Waals surface area (Å²) in [5, 5.41) is 15.8. The highest BCUT2D eigenvalue weighted by Crippen LogP contribution is 2.30. The van der Waals surface area contributed by atoms with Crippen LogP contribution in [0.2, 0.25) is 0 Å². The number of carbonyl (C=O) groups excluding carboxylic acids is 1. The lowest BCUT2D eigenvalue weighted by atomic mass is 9.92. The summed E-state index contributed by atoms with van der Waals surface area (Å²) < 4.78 is 42.6. The minimum atomic E-state index is -4.39. The molecule has 1 amide bonds. The number of nitrogens with one attached hydrogen (secondary N) is 2. The van der Waals surface area contributed by atoms with Crippen molar-refractivity contribution in [1.82, 2.24) is 10.6 Å². The van der Waals surface area contributed by atoms with Crippen molar-refractivity contribution >= 4 is 18.3 Å². The minimum absolute atomic E-state index is 0. The molecule has 1 aromatic rings. The standard InChI is InChI=1S/C17H23F3N2O3.ClH/c1-11-8-12(6-7-21-11)16(24)22-9-14(23)10-25-15-4-2-13(3-5-15)17(18,19)20;/h2-5,11-12,14,21,23H,6-10H2,1H3,(H,22,24);1H/t11-,12-,14?;/m0./s1. The highest BCUT2D eigenvalue weighted by Gasteiger charge is 2.30. The first-order valence-corrected chi connectivity index (χ1v) is 8.25. The van der Waals surface area contributed by atoms with Crippen LogP contribution in [0.5, 0.6) is 5.75 Å². The van der Waals surface area contributed by atoms with E-state index in [0.29, 0.717) is 0 Å². The van der Waals surface area contributed by atoms with Crippen molar-refractivity contribution in [3.05, 3.63) is 29.8 Å². The summed E-state index contributed by atoms with van der Waals surface area (Å²) in [6, 6.07) is 4.52. The van der Waals surface area contributed by atoms with Crippen LogP contribution in [-0.4, -0.2) is 42.9 Å². The van der Waals surface area contributed by atoms with E-state index in [1.165, 1.54) is 12.1 Å². The second kappa shape index (κ2) is 9.99. The quantitative estimate of drug-likeness (QED) is 0.690. The van der Waals surface area contributed by atoms with Gasteiger partial charge in [0.1, 0.15) is 18.5 Å². The summed E-state index contributed by atoms with van der Waals surface area (Å²) in [5.41, 5.74) is -0.760. The normalized spacial score (nSPS) is 21.4. The van der Waals surface area contributed by atoms with E-state index in [2.05, 4.69) is 10.6 Å². The topological polar surface area (TPSA) is 70.6 Å². The molecule has 9 heteroatoms. The maximum absolute atomic E-state index is 12.5. The molecule has 0 saturated carbocycles. The van der Waals surface area contributed by atoms with Gasteiger partial charge in [-0.15, -0.1) is 12.4 Å². The number of hydrogen-bond acceptors (Lipinski definition) is 4. The highest BCUT2D eigenvalue weighted by molar-refractivity contribution is 5.85. The van der Waals surface area contributed by atoms with Crippen molar-refractivity contribution in [3.8, 4) is 5.75 Å². The molecule has 3 N–H and O–H groups in total. The van der Waals surface area contributed by atoms with Gasteiger partial charge in [-0.25, -0.2) is 0 Å². The van der Waals surface area contributed by atoms with Crippen LogP contribution in [0.1, 0.15) is 25.3 Å². The number of ether oxygens (including phenoxy) is 1. The zero-order valence-electron chi connectivity index (χ0n) is 14.4. The fourth-order valence-corrected chi connectivity index (χ4v) is 2.72. The number of aliphatic hydroxyl groups excluding tert-OH is 1. The molecule has 0 aliphatic carbocycles. The first-order valence-electron chi connectivity index (χ1n) is 8.25. The van der Waals surface area contributed by atoms with Crippen LogP contribution in [0.3, 0.4) is 0 Å². The van der Waals surface area contributed by atoms with Crippen LogP contribution in [-0.2, 0) is 11.0 Å². The fraction of sp³-hybridized carbons (Fsp3) is 0.588. The number of amides is 1. The van der Waals surface area contributed by atoms with Gasteiger partial charge < -0.3 is 20.5 Å². The second-order valence-corrected chi connectivity index (χ2v) is 6.31. The number of halogens is 4. The number of hydrogen-bond donors (Lipinski definition) is 3. The lowest BCUT2D eigenvalue weighted by Gasteiger charge is -2.27. The van der Waals surface area contributed by atoms with E-state index in [4.69, 9.17) is 4.74 Å². The van der Waals surface area contributed by atoms with E-state index in [9.17, 15) is 23.1 Å². The van der Waals surface area contributed by atoms with Crippen LogP contribution >= 0.6 is 12.4 Å². The average Bonchev–Trinajstić information content (AvgIpc) is 2.57. The molecule has 1 saturated heterocycles. The van der Waals surface area contributed by atoms with Gasteiger partial charge in [0.05, 0.1) is 5.56 Å². The summed E-state index contributed by atoms with van der Waals surface area (Å²) in [6.07, 6.45) is -3.82. The molecular weight excluding hydrogens is 373 g/mol. The summed E-state index contributed by atoms with van der Waals surface area (Å²) in [5.74, 6) is 0.0618. The maximum Gasteiger partial charge on any atom is 0.416 e. The number of alkyl halides is 3. The monoisotopic (exact) mass is 396 g/mol. The van der Waals surface area contributed by atoms with Crippen molar-refractivity contribution in [2.45, 2.75) is 38.1 Å². The van der Waals surface area contributed by atoms with Crippen LogP contribution < -0.4 is 15.4 Å². The molecule has 3 atom stereocenters. The van der Waals surface area contributed by atoms with E-state index in [0.717, 1.165) is 31.5 Å². The number of benzene rings is 1. The molecule has 26 heavy (non-hydrogen) atoms. The minimum Gasteiger partial charge on any atom is -0.491 e. The predicted octanol–water partition coefficient (Wildman–Crippen LogP) is 2.37. The molecule has 0 spiro atoms. The van der Waals surface area contributed by atoms with Gasteiger partial charge in [-0.2, -0.15) is 13.2 Å². The Bertz CT molecular complexity index is 569. The van der Waals surface area contributed by atoms with Crippen LogP contribution in [0.25, 0.3) is 0 Å². The van der Waals surface area contributed by atoms with Crippen molar-refractivity contribution in [2.75, 3.05) is 19.7 Å². The lowest BCUT2D eigenvalue weighted by Crippen LogP contribution is -2.44. The van der Waals surface area contributed by atoms with Gasteiger partial charge >= 0.3 is 6.18 Å². The molecule has 1 aliphatic heterocycles. The Kier molecular flexibility index (Phi) is 8.66. The van der Waals surface area contributed by atoms with Crippen LogP contribution in [0, 0.1) is 5.92 Å². The van der Waals surface area contributed by atoms with E-state index in [-0.39, 0.29) is 49.2 Å². The summed E-state index contributed by atoms with van der Waals surface area (Å²) in [7, 11) is 0. The number of aliphatic hydroxyl groups is 1. The van der Waals surface area contributed by atoms with Gasteiger partial charge in [-0.1, -0.05) is 0 Å². The first-order chi connectivity index (χ1) is 11.8. The molecule has 1 aliphatic rings. The highest BCUT2D eigenvalue weighted by atomic mass is 35.5. The molecule has 0 aromatic heterocycles. The third-order valence-electron chi connectivity index (χ3n) is 4.13. The Labute approximate surface area is 156 Å². The molecule has 0 radical (unpaired) electrons. The smallest absolute Gasteiger partial charge is 0.416 e. The van der Waals surface area contributed by atoms with Crippen molar-refractivity contribution < 1.29 is 27.8 Å². The Hall–Kier alpha value is -1.51. The molecule has 1 aromatic carbocycles. The van der Waals surface area contributed by atoms with Crippen molar-refractivity contribution in [1.29, 1.82) is 0 Å². The summed E-state index contributed by atoms with van der Waals surface area (Å²) in [4.78, 5) is 12.1. The molecule has 1 fully saturated rings. The Morgan fingerprint density at radius 2 is 2.04 bits per heavy atom. The third-order valence-corrected chi connectivity index (χ3v) is 4.13. The molecule has 5 nitrogen and oxygen atoms in total. The van der Waals surface area contributed by atoms with E-state index >= 15 is 0 Å². The summed E-state index contributed by atoms with van der Waals surface area (Å²) in [6.45, 7) is 2.73. The molecule has 0 bridgehead atoms. The van der Waals surface area contributed by atoms with Gasteiger partial charge in [-0.3, -0.25) is 4.79 Å². The van der Waals surface area contributed by atoms with Gasteiger partial charge in [0.15, 0.2) is 0 Å². The third kappa shape index (κ3) is 7.01. The maximum atomic E-state index is 12.5. The van der Waals surface area contributed by atoms with E-state index in [1.54, 1.807) is 0 Å². The Morgan fingerprint density at radius 3 is 2.62 bits per heavy atom. The van der Waals surface area contributed by atoms with E-state index in [1.807, 2.05) is 6.92 Å². The molecular formula is C17H24ClF3N2O3. The number of rotatable bonds is 6. The molecule has 1 unspecified atom stereocenters. The first kappa shape index (κ1) is 22.5. The van der Waals surface area contributed by atoms with Gasteiger partial charge in [0.25, 0.3) is 0 Å². The summed E-state index contributed by atoms with van der Waals surface area (Å²) >= 11 is 0. The SMILES string of the molecule is C[C@H]1C[C@@H](C(=O)NCC(O)COc2ccc(C(F)(F)F)cc2)CCN1.Cl. The zero-order valence-corrected chi connectivity index (χ0v) is 15.2. The molecule has 148 valence electrons. The van der Waals surface area contributed by atoms with Crippen molar-refractivity contribution in [2.24, 2.45) is 5.92 Å². The Balaban J connectivity index is 0.00000338. The Morgan fingerprint density at radius 1 is 1.38 bits per heavy atom.